The molecule has 0 aliphatic carbocycles. The maximum absolute atomic E-state index is 12.8. The minimum Gasteiger partial charge on any atom is -0.462 e. The van der Waals surface area contributed by atoms with Gasteiger partial charge in [-0.15, -0.1) is 0 Å². The van der Waals surface area contributed by atoms with Crippen LogP contribution in [0.5, 0.6) is 0 Å². The Hall–Kier alpha value is -1.59. The summed E-state index contributed by atoms with van der Waals surface area (Å²) in [6, 6.07) is 0. The fourth-order valence-corrected chi connectivity index (χ4v) is 8.61. The Labute approximate surface area is 393 Å². The predicted molar refractivity (Wildman–Crippen MR) is 270 cm³/mol. The molecule has 0 aromatic carbocycles. The molecule has 63 heavy (non-hydrogen) atoms. The third-order valence-corrected chi connectivity index (χ3v) is 13.3. The van der Waals surface area contributed by atoms with Gasteiger partial charge in [-0.3, -0.25) is 14.4 Å². The molecular weight excluding hydrogens is 781 g/mol. The molecule has 1 unspecified atom stereocenters. The first-order chi connectivity index (χ1) is 30.6. The molecule has 6 nitrogen and oxygen atoms in total. The number of esters is 3. The van der Waals surface area contributed by atoms with Crippen LogP contribution in [0.25, 0.3) is 0 Å². The van der Waals surface area contributed by atoms with Crippen molar-refractivity contribution in [2.45, 2.75) is 317 Å². The van der Waals surface area contributed by atoms with Crippen LogP contribution in [-0.4, -0.2) is 37.2 Å². The van der Waals surface area contributed by atoms with Crippen LogP contribution in [-0.2, 0) is 28.6 Å². The molecule has 0 amide bonds. The maximum Gasteiger partial charge on any atom is 0.306 e. The van der Waals surface area contributed by atoms with Crippen molar-refractivity contribution in [3.63, 3.8) is 0 Å². The van der Waals surface area contributed by atoms with E-state index in [4.69, 9.17) is 14.2 Å². The van der Waals surface area contributed by atoms with E-state index in [2.05, 4.69) is 41.5 Å². The molecule has 0 N–H and O–H groups in total. The van der Waals surface area contributed by atoms with E-state index in [1.807, 2.05) is 0 Å². The van der Waals surface area contributed by atoms with Crippen molar-refractivity contribution in [1.82, 2.24) is 0 Å². The molecule has 0 saturated heterocycles. The summed E-state index contributed by atoms with van der Waals surface area (Å²) in [6.45, 7) is 13.7. The summed E-state index contributed by atoms with van der Waals surface area (Å²) in [6.07, 6.45) is 49.5. The van der Waals surface area contributed by atoms with E-state index >= 15 is 0 Å². The average Bonchev–Trinajstić information content (AvgIpc) is 3.25. The van der Waals surface area contributed by atoms with Crippen molar-refractivity contribution in [1.29, 1.82) is 0 Å². The Kier molecular flexibility index (Phi) is 47.1. The summed E-state index contributed by atoms with van der Waals surface area (Å²) in [5.74, 6) is 1.66. The molecule has 0 aromatic heterocycles. The molecule has 0 bridgehead atoms. The van der Waals surface area contributed by atoms with Gasteiger partial charge in [0, 0.05) is 19.3 Å². The van der Waals surface area contributed by atoms with Crippen LogP contribution in [0.3, 0.4) is 0 Å². The van der Waals surface area contributed by atoms with Gasteiger partial charge < -0.3 is 14.2 Å². The Morgan fingerprint density at radius 1 is 0.317 bits per heavy atom. The lowest BCUT2D eigenvalue weighted by Crippen LogP contribution is -2.30. The summed E-state index contributed by atoms with van der Waals surface area (Å²) in [4.78, 5) is 38.0. The molecule has 0 spiro atoms. The van der Waals surface area contributed by atoms with Gasteiger partial charge in [-0.25, -0.2) is 0 Å². The second-order valence-electron chi connectivity index (χ2n) is 20.8. The van der Waals surface area contributed by atoms with Gasteiger partial charge in [-0.2, -0.15) is 0 Å². The number of rotatable bonds is 50. The van der Waals surface area contributed by atoms with Crippen molar-refractivity contribution in [3.8, 4) is 0 Å². The molecule has 0 radical (unpaired) electrons. The highest BCUT2D eigenvalue weighted by molar-refractivity contribution is 5.71. The predicted octanol–water partition coefficient (Wildman–Crippen LogP) is 18.3. The molecule has 374 valence electrons. The van der Waals surface area contributed by atoms with E-state index in [-0.39, 0.29) is 31.1 Å². The summed E-state index contributed by atoms with van der Waals surface area (Å²) < 4.78 is 16.9. The van der Waals surface area contributed by atoms with E-state index < -0.39 is 6.10 Å². The fourth-order valence-electron chi connectivity index (χ4n) is 8.61. The normalized spacial score (nSPS) is 12.6. The lowest BCUT2D eigenvalue weighted by Gasteiger charge is -2.18. The van der Waals surface area contributed by atoms with Crippen molar-refractivity contribution in [2.24, 2.45) is 17.8 Å². The quantitative estimate of drug-likeness (QED) is 0.0344. The van der Waals surface area contributed by atoms with Gasteiger partial charge in [0.1, 0.15) is 13.2 Å². The van der Waals surface area contributed by atoms with Crippen molar-refractivity contribution < 1.29 is 28.6 Å². The number of hydrogen-bond donors (Lipinski definition) is 0. The number of ether oxygens (including phenoxy) is 3. The first-order valence-electron chi connectivity index (χ1n) is 28.1. The number of unbranched alkanes of at least 4 members (excludes halogenated alkanes) is 32. The van der Waals surface area contributed by atoms with Crippen molar-refractivity contribution in [2.75, 3.05) is 13.2 Å². The standard InChI is InChI=1S/C57H110O6/c1-7-53(6)45-39-33-29-30-35-41-47-56(59)62-50-54(49-61-55(58)46-40-34-27-23-19-16-12-14-18-22-26-32-38-44-52(4)5)63-57(60)48-42-36-28-24-20-15-11-9-8-10-13-17-21-25-31-37-43-51(2)3/h51-54H,7-50H2,1-6H3/t53?,54-/m0/s1. The minimum atomic E-state index is -0.764. The molecule has 0 heterocycles. The average molecular weight is 892 g/mol. The second-order valence-corrected chi connectivity index (χ2v) is 20.8. The molecule has 0 saturated carbocycles. The Morgan fingerprint density at radius 3 is 0.825 bits per heavy atom. The van der Waals surface area contributed by atoms with Gasteiger partial charge >= 0.3 is 17.9 Å². The molecular formula is C57H110O6. The van der Waals surface area contributed by atoms with Crippen LogP contribution in [0.1, 0.15) is 311 Å². The number of carbonyl (C=O) groups is 3. The van der Waals surface area contributed by atoms with Gasteiger partial charge in [0.05, 0.1) is 0 Å². The smallest absolute Gasteiger partial charge is 0.306 e. The molecule has 0 rings (SSSR count). The highest BCUT2D eigenvalue weighted by Crippen LogP contribution is 2.18. The lowest BCUT2D eigenvalue weighted by atomic mass is 10.00. The zero-order valence-electron chi connectivity index (χ0n) is 43.4. The summed E-state index contributed by atoms with van der Waals surface area (Å²) >= 11 is 0. The van der Waals surface area contributed by atoms with Crippen LogP contribution >= 0.6 is 0 Å². The largest absolute Gasteiger partial charge is 0.462 e. The van der Waals surface area contributed by atoms with Crippen LogP contribution < -0.4 is 0 Å². The van der Waals surface area contributed by atoms with E-state index in [9.17, 15) is 14.4 Å². The summed E-state index contributed by atoms with van der Waals surface area (Å²) in [5.41, 5.74) is 0. The molecule has 0 aliphatic heterocycles. The van der Waals surface area contributed by atoms with Crippen LogP contribution in [0.15, 0.2) is 0 Å². The molecule has 2 atom stereocenters. The topological polar surface area (TPSA) is 78.9 Å². The third kappa shape index (κ3) is 49.7. The summed E-state index contributed by atoms with van der Waals surface area (Å²) in [7, 11) is 0. The van der Waals surface area contributed by atoms with Crippen molar-refractivity contribution in [3.05, 3.63) is 0 Å². The van der Waals surface area contributed by atoms with Gasteiger partial charge in [-0.1, -0.05) is 273 Å². The highest BCUT2D eigenvalue weighted by Gasteiger charge is 2.19. The Morgan fingerprint density at radius 2 is 0.556 bits per heavy atom. The van der Waals surface area contributed by atoms with E-state index in [0.717, 1.165) is 75.5 Å². The molecule has 6 heteroatoms. The zero-order chi connectivity index (χ0) is 46.3. The van der Waals surface area contributed by atoms with Crippen LogP contribution in [0.2, 0.25) is 0 Å². The van der Waals surface area contributed by atoms with Crippen molar-refractivity contribution >= 4 is 17.9 Å². The molecule has 0 aliphatic rings. The zero-order valence-corrected chi connectivity index (χ0v) is 43.4. The first-order valence-corrected chi connectivity index (χ1v) is 28.1. The fraction of sp³-hybridized carbons (Fsp3) is 0.947. The number of carbonyl (C=O) groups excluding carboxylic acids is 3. The van der Waals surface area contributed by atoms with E-state index in [1.165, 1.54) is 193 Å². The van der Waals surface area contributed by atoms with Gasteiger partial charge in [-0.05, 0) is 37.0 Å². The first kappa shape index (κ1) is 61.4. The van der Waals surface area contributed by atoms with Gasteiger partial charge in [0.2, 0.25) is 0 Å². The summed E-state index contributed by atoms with van der Waals surface area (Å²) in [5, 5.41) is 0. The lowest BCUT2D eigenvalue weighted by molar-refractivity contribution is -0.167. The number of hydrogen-bond acceptors (Lipinski definition) is 6. The van der Waals surface area contributed by atoms with Crippen LogP contribution in [0.4, 0.5) is 0 Å². The Bertz CT molecular complexity index is 978. The molecule has 0 aromatic rings. The third-order valence-electron chi connectivity index (χ3n) is 13.3. The SMILES string of the molecule is CCC(C)CCCCCCCCC(=O)OC[C@H](COC(=O)CCCCCCCCCCCCCCCC(C)C)OC(=O)CCCCCCCCCCCCCCCCCCC(C)C. The van der Waals surface area contributed by atoms with Gasteiger partial charge in [0.15, 0.2) is 6.10 Å². The second kappa shape index (κ2) is 48.3. The minimum absolute atomic E-state index is 0.0645. The van der Waals surface area contributed by atoms with Gasteiger partial charge in [0.25, 0.3) is 0 Å². The molecule has 0 fully saturated rings. The Balaban J connectivity index is 4.26. The maximum atomic E-state index is 12.8. The monoisotopic (exact) mass is 891 g/mol. The van der Waals surface area contributed by atoms with E-state index in [1.54, 1.807) is 0 Å². The van der Waals surface area contributed by atoms with Crippen LogP contribution in [0, 0.1) is 17.8 Å². The van der Waals surface area contributed by atoms with E-state index in [0.29, 0.717) is 19.3 Å². The highest BCUT2D eigenvalue weighted by atomic mass is 16.6.